The van der Waals surface area contributed by atoms with Crippen LogP contribution in [0.15, 0.2) is 36.4 Å². The molecule has 2 atom stereocenters. The molecule has 0 unspecified atom stereocenters. The van der Waals surface area contributed by atoms with E-state index in [9.17, 15) is 4.79 Å². The van der Waals surface area contributed by atoms with Crippen LogP contribution in [0.25, 0.3) is 0 Å². The molecule has 28 heavy (non-hydrogen) atoms. The fourth-order valence-corrected chi connectivity index (χ4v) is 3.47. The molecule has 0 aliphatic carbocycles. The van der Waals surface area contributed by atoms with E-state index in [-0.39, 0.29) is 17.6 Å². The number of hydrogen-bond donors (Lipinski definition) is 1. The summed E-state index contributed by atoms with van der Waals surface area (Å²) in [6, 6.07) is 11.4. The van der Waals surface area contributed by atoms with Crippen molar-refractivity contribution in [1.29, 1.82) is 0 Å². The van der Waals surface area contributed by atoms with E-state index in [2.05, 4.69) is 5.32 Å². The molecule has 5 nitrogen and oxygen atoms in total. The largest absolute Gasteiger partial charge is 0.497 e. The zero-order chi connectivity index (χ0) is 20.5. The van der Waals surface area contributed by atoms with E-state index in [1.807, 2.05) is 64.1 Å². The van der Waals surface area contributed by atoms with Crippen LogP contribution in [0.3, 0.4) is 0 Å². The predicted octanol–water partition coefficient (Wildman–Crippen LogP) is 4.50. The average molecular weight is 383 g/mol. The zero-order valence-corrected chi connectivity index (χ0v) is 17.5. The fraction of sp³-hybridized carbons (Fsp3) is 0.435. The highest BCUT2D eigenvalue weighted by Crippen LogP contribution is 2.41. The van der Waals surface area contributed by atoms with Crippen LogP contribution in [-0.2, 0) is 4.79 Å². The highest BCUT2D eigenvalue weighted by atomic mass is 16.5. The molecule has 1 aliphatic heterocycles. The fourth-order valence-electron chi connectivity index (χ4n) is 3.47. The monoisotopic (exact) mass is 383 g/mol. The number of nitrogens with one attached hydrogen (secondary N) is 1. The average Bonchev–Trinajstić information content (AvgIpc) is 2.64. The molecular weight excluding hydrogens is 354 g/mol. The first-order valence-corrected chi connectivity index (χ1v) is 9.60. The Kier molecular flexibility index (Phi) is 5.54. The number of ether oxygens (including phenoxy) is 3. The molecule has 2 aromatic rings. The third-order valence-corrected chi connectivity index (χ3v) is 5.22. The number of rotatable bonds is 5. The minimum Gasteiger partial charge on any atom is -0.497 e. The van der Waals surface area contributed by atoms with Gasteiger partial charge in [-0.2, -0.15) is 0 Å². The maximum absolute atomic E-state index is 12.9. The van der Waals surface area contributed by atoms with E-state index < -0.39 is 6.10 Å². The van der Waals surface area contributed by atoms with Gasteiger partial charge in [0, 0.05) is 12.0 Å². The summed E-state index contributed by atoms with van der Waals surface area (Å²) in [5.74, 6) is 2.08. The Morgan fingerprint density at radius 3 is 2.71 bits per heavy atom. The van der Waals surface area contributed by atoms with Crippen LogP contribution in [0.4, 0.5) is 0 Å². The Labute approximate surface area is 167 Å². The van der Waals surface area contributed by atoms with Crippen LogP contribution >= 0.6 is 0 Å². The number of carbonyl (C=O) groups excluding carboxylic acids is 1. The number of aryl methyl sites for hydroxylation is 1. The van der Waals surface area contributed by atoms with Gasteiger partial charge in [0.05, 0.1) is 13.2 Å². The molecule has 0 radical (unpaired) electrons. The van der Waals surface area contributed by atoms with E-state index >= 15 is 0 Å². The second-order valence-corrected chi connectivity index (χ2v) is 7.99. The predicted molar refractivity (Wildman–Crippen MR) is 109 cm³/mol. The molecule has 0 saturated carbocycles. The highest BCUT2D eigenvalue weighted by Gasteiger charge is 2.35. The number of fused-ring (bicyclic) bond motifs is 1. The van der Waals surface area contributed by atoms with Crippen LogP contribution in [0.5, 0.6) is 17.2 Å². The standard InChI is InChI=1S/C23H29NO4/c1-14-8-7-9-20(15(14)2)27-16(3)22(25)24-19-13-23(4,5)28-21-11-10-17(26-6)12-18(19)21/h7-12,16,19H,13H2,1-6H3,(H,24,25)/t16-,19+/m0/s1. The number of methoxy groups -OCH3 is 1. The molecule has 0 aromatic heterocycles. The maximum Gasteiger partial charge on any atom is 0.261 e. The van der Waals surface area contributed by atoms with Gasteiger partial charge in [-0.15, -0.1) is 0 Å². The molecule has 0 spiro atoms. The Bertz CT molecular complexity index is 875. The molecule has 0 bridgehead atoms. The lowest BCUT2D eigenvalue weighted by atomic mass is 9.89. The summed E-state index contributed by atoms with van der Waals surface area (Å²) in [5.41, 5.74) is 2.73. The SMILES string of the molecule is COc1ccc2c(c1)[C@H](NC(=O)[C@H](C)Oc1cccc(C)c1C)CC(C)(C)O2. The van der Waals surface area contributed by atoms with Crippen LogP contribution in [0.1, 0.15) is 49.9 Å². The molecule has 2 aromatic carbocycles. The molecule has 1 aliphatic rings. The van der Waals surface area contributed by atoms with E-state index in [1.54, 1.807) is 14.0 Å². The second-order valence-electron chi connectivity index (χ2n) is 7.99. The lowest BCUT2D eigenvalue weighted by Gasteiger charge is -2.38. The molecule has 1 heterocycles. The topological polar surface area (TPSA) is 56.8 Å². The second kappa shape index (κ2) is 7.74. The molecule has 150 valence electrons. The summed E-state index contributed by atoms with van der Waals surface area (Å²) in [4.78, 5) is 12.9. The van der Waals surface area contributed by atoms with Crippen molar-refractivity contribution in [1.82, 2.24) is 5.32 Å². The van der Waals surface area contributed by atoms with Crippen molar-refractivity contribution in [3.8, 4) is 17.2 Å². The van der Waals surface area contributed by atoms with Crippen molar-refractivity contribution in [2.45, 2.75) is 58.8 Å². The van der Waals surface area contributed by atoms with Gasteiger partial charge < -0.3 is 19.5 Å². The Hall–Kier alpha value is -2.69. The Morgan fingerprint density at radius 1 is 1.25 bits per heavy atom. The van der Waals surface area contributed by atoms with Crippen LogP contribution < -0.4 is 19.5 Å². The van der Waals surface area contributed by atoms with Gasteiger partial charge >= 0.3 is 0 Å². The first-order valence-electron chi connectivity index (χ1n) is 9.60. The summed E-state index contributed by atoms with van der Waals surface area (Å²) in [6.45, 7) is 9.85. The summed E-state index contributed by atoms with van der Waals surface area (Å²) in [5, 5.41) is 3.14. The van der Waals surface area contributed by atoms with E-state index in [4.69, 9.17) is 14.2 Å². The highest BCUT2D eigenvalue weighted by molar-refractivity contribution is 5.81. The van der Waals surface area contributed by atoms with Crippen LogP contribution in [0.2, 0.25) is 0 Å². The Morgan fingerprint density at radius 2 is 2.00 bits per heavy atom. The van der Waals surface area contributed by atoms with Crippen molar-refractivity contribution < 1.29 is 19.0 Å². The maximum atomic E-state index is 12.9. The van der Waals surface area contributed by atoms with Gasteiger partial charge in [0.1, 0.15) is 22.8 Å². The number of benzene rings is 2. The summed E-state index contributed by atoms with van der Waals surface area (Å²) < 4.78 is 17.4. The molecule has 0 saturated heterocycles. The molecule has 1 amide bonds. The van der Waals surface area contributed by atoms with Gasteiger partial charge in [0.25, 0.3) is 5.91 Å². The summed E-state index contributed by atoms with van der Waals surface area (Å²) in [6.07, 6.45) is 0.0512. The van der Waals surface area contributed by atoms with Crippen molar-refractivity contribution in [2.24, 2.45) is 0 Å². The quantitative estimate of drug-likeness (QED) is 0.826. The number of hydrogen-bond acceptors (Lipinski definition) is 4. The van der Waals surface area contributed by atoms with E-state index in [0.29, 0.717) is 6.42 Å². The lowest BCUT2D eigenvalue weighted by Crippen LogP contribution is -2.44. The normalized spacial score (nSPS) is 18.4. The van der Waals surface area contributed by atoms with Crippen LogP contribution in [0, 0.1) is 13.8 Å². The van der Waals surface area contributed by atoms with Crippen molar-refractivity contribution in [3.05, 3.63) is 53.1 Å². The van der Waals surface area contributed by atoms with Gasteiger partial charge in [0.15, 0.2) is 6.10 Å². The van der Waals surface area contributed by atoms with Gasteiger partial charge in [-0.05, 0) is 70.0 Å². The molecular formula is C23H29NO4. The Balaban J connectivity index is 1.78. The number of amides is 1. The minimum absolute atomic E-state index is 0.155. The number of carbonyl (C=O) groups is 1. The van der Waals surface area contributed by atoms with Crippen molar-refractivity contribution >= 4 is 5.91 Å². The molecule has 3 rings (SSSR count). The van der Waals surface area contributed by atoms with E-state index in [0.717, 1.165) is 33.9 Å². The first-order chi connectivity index (χ1) is 13.2. The third kappa shape index (κ3) is 4.24. The summed E-state index contributed by atoms with van der Waals surface area (Å²) in [7, 11) is 1.63. The van der Waals surface area contributed by atoms with Crippen LogP contribution in [-0.4, -0.2) is 24.7 Å². The van der Waals surface area contributed by atoms with Crippen molar-refractivity contribution in [2.75, 3.05) is 7.11 Å². The van der Waals surface area contributed by atoms with Crippen molar-refractivity contribution in [3.63, 3.8) is 0 Å². The molecule has 1 N–H and O–H groups in total. The summed E-state index contributed by atoms with van der Waals surface area (Å²) >= 11 is 0. The first kappa shape index (κ1) is 20.1. The molecule has 5 heteroatoms. The smallest absolute Gasteiger partial charge is 0.261 e. The third-order valence-electron chi connectivity index (χ3n) is 5.22. The minimum atomic E-state index is -0.611. The van der Waals surface area contributed by atoms with Gasteiger partial charge in [0.2, 0.25) is 0 Å². The van der Waals surface area contributed by atoms with Gasteiger partial charge in [-0.1, -0.05) is 12.1 Å². The lowest BCUT2D eigenvalue weighted by molar-refractivity contribution is -0.128. The zero-order valence-electron chi connectivity index (χ0n) is 17.5. The van der Waals surface area contributed by atoms with Gasteiger partial charge in [-0.3, -0.25) is 4.79 Å². The molecule has 0 fully saturated rings. The van der Waals surface area contributed by atoms with Gasteiger partial charge in [-0.25, -0.2) is 0 Å². The van der Waals surface area contributed by atoms with E-state index in [1.165, 1.54) is 0 Å².